The van der Waals surface area contributed by atoms with Crippen LogP contribution in [0.4, 0.5) is 17.1 Å². The molecule has 0 bridgehead atoms. The molecule has 0 amide bonds. The largest absolute Gasteiger partial charge is 0.489 e. The van der Waals surface area contributed by atoms with Crippen molar-refractivity contribution in [3.05, 3.63) is 77.9 Å². The van der Waals surface area contributed by atoms with Crippen molar-refractivity contribution in [2.45, 2.75) is 57.3 Å². The van der Waals surface area contributed by atoms with Gasteiger partial charge in [-0.25, -0.2) is 0 Å². The van der Waals surface area contributed by atoms with E-state index in [-0.39, 0.29) is 10.8 Å². The zero-order valence-electron chi connectivity index (χ0n) is 19.2. The third-order valence-corrected chi connectivity index (χ3v) is 5.94. The first-order valence-corrected chi connectivity index (χ1v) is 11.0. The van der Waals surface area contributed by atoms with Gasteiger partial charge in [0.25, 0.3) is 0 Å². The maximum Gasteiger partial charge on any atom is 0.489 e. The highest BCUT2D eigenvalue weighted by molar-refractivity contribution is 7.80. The minimum Gasteiger partial charge on any atom is -0.423 e. The average Bonchev–Trinajstić information content (AvgIpc) is 2.68. The first kappa shape index (κ1) is 23.5. The Morgan fingerprint density at radius 1 is 0.645 bits per heavy atom. The van der Waals surface area contributed by atoms with Crippen molar-refractivity contribution in [3.8, 4) is 0 Å². The fourth-order valence-corrected chi connectivity index (χ4v) is 3.81. The molecule has 0 fully saturated rings. The molecule has 162 valence electrons. The maximum atomic E-state index is 9.79. The Hall–Kier alpha value is -2.21. The van der Waals surface area contributed by atoms with E-state index in [0.29, 0.717) is 10.4 Å². The Balaban J connectivity index is 2.14. The zero-order valence-corrected chi connectivity index (χ0v) is 20.1. The maximum absolute atomic E-state index is 9.79. The monoisotopic (exact) mass is 433 g/mol. The van der Waals surface area contributed by atoms with Gasteiger partial charge in [-0.1, -0.05) is 65.8 Å². The highest BCUT2D eigenvalue weighted by Crippen LogP contribution is 2.37. The van der Waals surface area contributed by atoms with Crippen molar-refractivity contribution in [1.82, 2.24) is 0 Å². The number of rotatable bonds is 4. The molecule has 0 radical (unpaired) electrons. The average molecular weight is 433 g/mol. The van der Waals surface area contributed by atoms with Gasteiger partial charge < -0.3 is 14.9 Å². The quantitative estimate of drug-likeness (QED) is 0.364. The van der Waals surface area contributed by atoms with Crippen molar-refractivity contribution in [1.29, 1.82) is 0 Å². The molecule has 3 aromatic rings. The van der Waals surface area contributed by atoms with Crippen LogP contribution in [0.25, 0.3) is 0 Å². The molecule has 3 nitrogen and oxygen atoms in total. The highest BCUT2D eigenvalue weighted by atomic mass is 32.1. The van der Waals surface area contributed by atoms with E-state index in [1.54, 1.807) is 12.1 Å². The van der Waals surface area contributed by atoms with Gasteiger partial charge in [0.1, 0.15) is 0 Å². The predicted molar refractivity (Wildman–Crippen MR) is 136 cm³/mol. The smallest absolute Gasteiger partial charge is 0.423 e. The summed E-state index contributed by atoms with van der Waals surface area (Å²) < 4.78 is 0. The molecule has 31 heavy (non-hydrogen) atoms. The molecular formula is C26H32BNO2S. The molecule has 2 N–H and O–H groups in total. The topological polar surface area (TPSA) is 43.7 Å². The normalized spacial score (nSPS) is 12.0. The molecular weight excluding hydrogens is 401 g/mol. The van der Waals surface area contributed by atoms with E-state index in [9.17, 15) is 10.0 Å². The second-order valence-corrected chi connectivity index (χ2v) is 10.5. The van der Waals surface area contributed by atoms with Crippen molar-refractivity contribution in [2.24, 2.45) is 0 Å². The van der Waals surface area contributed by atoms with E-state index in [2.05, 4.69) is 108 Å². The Labute approximate surface area is 192 Å². The molecule has 0 saturated carbocycles. The molecule has 0 heterocycles. The lowest BCUT2D eigenvalue weighted by Crippen LogP contribution is -2.31. The van der Waals surface area contributed by atoms with Gasteiger partial charge in [-0.2, -0.15) is 0 Å². The van der Waals surface area contributed by atoms with Gasteiger partial charge in [-0.3, -0.25) is 0 Å². The Kier molecular flexibility index (Phi) is 6.61. The summed E-state index contributed by atoms with van der Waals surface area (Å²) in [6.45, 7) is 13.2. The summed E-state index contributed by atoms with van der Waals surface area (Å²) in [6, 6.07) is 22.6. The van der Waals surface area contributed by atoms with Crippen LogP contribution in [0, 0.1) is 0 Å². The van der Waals surface area contributed by atoms with Crippen molar-refractivity contribution < 1.29 is 10.0 Å². The van der Waals surface area contributed by atoms with E-state index in [4.69, 9.17) is 0 Å². The minimum atomic E-state index is -1.58. The van der Waals surface area contributed by atoms with Gasteiger partial charge in [-0.15, -0.1) is 12.6 Å². The fourth-order valence-electron chi connectivity index (χ4n) is 3.56. The number of thiol groups is 1. The predicted octanol–water partition coefficient (Wildman–Crippen LogP) is 5.72. The number of anilines is 3. The molecule has 0 unspecified atom stereocenters. The van der Waals surface area contributed by atoms with Gasteiger partial charge in [-0.05, 0) is 69.9 Å². The lowest BCUT2D eigenvalue weighted by atomic mass is 9.80. The summed E-state index contributed by atoms with van der Waals surface area (Å²) in [4.78, 5) is 2.67. The second-order valence-electron chi connectivity index (χ2n) is 10.0. The molecule has 3 rings (SSSR count). The molecule has 0 aliphatic rings. The van der Waals surface area contributed by atoms with E-state index in [1.807, 2.05) is 6.07 Å². The van der Waals surface area contributed by atoms with Crippen LogP contribution in [0.3, 0.4) is 0 Å². The van der Waals surface area contributed by atoms with Crippen LogP contribution in [0.15, 0.2) is 71.6 Å². The minimum absolute atomic E-state index is 0.0690. The Morgan fingerprint density at radius 3 is 1.39 bits per heavy atom. The van der Waals surface area contributed by atoms with E-state index < -0.39 is 7.12 Å². The van der Waals surface area contributed by atoms with Crippen LogP contribution in [0.2, 0.25) is 0 Å². The summed E-state index contributed by atoms with van der Waals surface area (Å²) in [6.07, 6.45) is 0. The van der Waals surface area contributed by atoms with Crippen LogP contribution >= 0.6 is 12.6 Å². The number of hydrogen-bond acceptors (Lipinski definition) is 4. The van der Waals surface area contributed by atoms with Gasteiger partial charge in [0.15, 0.2) is 0 Å². The van der Waals surface area contributed by atoms with Crippen molar-refractivity contribution in [3.63, 3.8) is 0 Å². The number of hydrogen-bond donors (Lipinski definition) is 3. The lowest BCUT2D eigenvalue weighted by Gasteiger charge is -2.28. The van der Waals surface area contributed by atoms with Gasteiger partial charge in [0, 0.05) is 22.0 Å². The lowest BCUT2D eigenvalue weighted by molar-refractivity contribution is 0.425. The molecule has 0 aromatic heterocycles. The summed E-state index contributed by atoms with van der Waals surface area (Å²) >= 11 is 4.38. The number of nitrogens with zero attached hydrogens (tertiary/aromatic N) is 1. The first-order valence-electron chi connectivity index (χ1n) is 10.6. The first-order chi connectivity index (χ1) is 14.4. The van der Waals surface area contributed by atoms with E-state index in [1.165, 1.54) is 11.1 Å². The van der Waals surface area contributed by atoms with Crippen molar-refractivity contribution >= 4 is 42.3 Å². The third kappa shape index (κ3) is 5.35. The molecule has 0 saturated heterocycles. The van der Waals surface area contributed by atoms with Crippen LogP contribution in [0.1, 0.15) is 52.7 Å². The van der Waals surface area contributed by atoms with Crippen LogP contribution in [0.5, 0.6) is 0 Å². The molecule has 0 aliphatic carbocycles. The summed E-state index contributed by atoms with van der Waals surface area (Å²) in [5.41, 5.74) is 5.88. The molecule has 5 heteroatoms. The zero-order chi connectivity index (χ0) is 23.0. The van der Waals surface area contributed by atoms with E-state index in [0.717, 1.165) is 17.1 Å². The molecule has 3 aromatic carbocycles. The summed E-state index contributed by atoms with van der Waals surface area (Å²) in [5.74, 6) is 0. The standard InChI is InChI=1S/C26H32BNO2S/c1-25(2,3)18-7-11-20(12-8-18)28(21-13-9-19(10-14-21)26(4,5)6)22-15-16-24(31)23(17-22)27(29)30/h7-17,29-31H,1-6H3. The Bertz CT molecular complexity index is 975. The summed E-state index contributed by atoms with van der Waals surface area (Å²) in [7, 11) is -1.58. The highest BCUT2D eigenvalue weighted by Gasteiger charge is 2.21. The van der Waals surface area contributed by atoms with Gasteiger partial charge >= 0.3 is 7.12 Å². The molecule has 0 spiro atoms. The van der Waals surface area contributed by atoms with Crippen molar-refractivity contribution in [2.75, 3.05) is 4.90 Å². The Morgan fingerprint density at radius 2 is 1.03 bits per heavy atom. The number of benzene rings is 3. The third-order valence-electron chi connectivity index (χ3n) is 5.53. The van der Waals surface area contributed by atoms with Gasteiger partial charge in [0.2, 0.25) is 0 Å². The fraction of sp³-hybridized carbons (Fsp3) is 0.308. The molecule has 0 atom stereocenters. The SMILES string of the molecule is CC(C)(C)c1ccc(N(c2ccc(C(C)(C)C)cc2)c2ccc(S)c(B(O)O)c2)cc1. The molecule has 0 aliphatic heterocycles. The van der Waals surface area contributed by atoms with E-state index >= 15 is 0 Å². The van der Waals surface area contributed by atoms with Crippen LogP contribution < -0.4 is 10.4 Å². The second kappa shape index (κ2) is 8.74. The van der Waals surface area contributed by atoms with Crippen LogP contribution in [-0.4, -0.2) is 17.2 Å². The van der Waals surface area contributed by atoms with Gasteiger partial charge in [0.05, 0.1) is 0 Å². The van der Waals surface area contributed by atoms with Crippen LogP contribution in [-0.2, 0) is 10.8 Å². The summed E-state index contributed by atoms with van der Waals surface area (Å²) in [5, 5.41) is 19.6.